The molecule has 0 saturated carbocycles. The van der Waals surface area contributed by atoms with Crippen LogP contribution in [0.2, 0.25) is 0 Å². The number of aromatic nitrogens is 4. The summed E-state index contributed by atoms with van der Waals surface area (Å²) >= 11 is 0. The molecule has 12 heteroatoms. The summed E-state index contributed by atoms with van der Waals surface area (Å²) in [7, 11) is 0. The van der Waals surface area contributed by atoms with Crippen molar-refractivity contribution in [2.24, 2.45) is 5.73 Å². The lowest BCUT2D eigenvalue weighted by Gasteiger charge is -2.15. The Morgan fingerprint density at radius 1 is 1.48 bits per heavy atom. The third-order valence-electron chi connectivity index (χ3n) is 3.51. The molecular formula is C11H15ClN6O5. The van der Waals surface area contributed by atoms with E-state index in [4.69, 9.17) is 21.0 Å². The molecule has 1 fully saturated rings. The van der Waals surface area contributed by atoms with Gasteiger partial charge in [0.15, 0.2) is 11.9 Å². The van der Waals surface area contributed by atoms with Crippen molar-refractivity contribution < 1.29 is 20.1 Å². The van der Waals surface area contributed by atoms with E-state index in [1.165, 1.54) is 0 Å². The zero-order valence-electron chi connectivity index (χ0n) is 11.6. The Balaban J connectivity index is 0.00000192. The van der Waals surface area contributed by atoms with Crippen molar-refractivity contribution in [1.82, 2.24) is 19.7 Å². The predicted octanol–water partition coefficient (Wildman–Crippen LogP) is -2.56. The van der Waals surface area contributed by atoms with Gasteiger partial charge in [-0.3, -0.25) is 10.2 Å². The first-order valence-electron chi connectivity index (χ1n) is 6.38. The highest BCUT2D eigenvalue weighted by Gasteiger charge is 2.44. The molecule has 0 aliphatic carbocycles. The van der Waals surface area contributed by atoms with Gasteiger partial charge in [0.05, 0.1) is 12.9 Å². The van der Waals surface area contributed by atoms with Gasteiger partial charge in [0.2, 0.25) is 0 Å². The number of H-pyrrole nitrogens is 1. The van der Waals surface area contributed by atoms with Crippen LogP contribution in [0.5, 0.6) is 0 Å². The molecule has 3 heterocycles. The van der Waals surface area contributed by atoms with Crippen LogP contribution in [-0.4, -0.2) is 65.8 Å². The standard InChI is InChI=1S/C11H14N6O5.ClH/c12-8(13)5-4-9(14-2-15-10(4)21)17(16-5)11-7(20)6(19)3(1-18)22-11;/h2-3,6-7,11,18-20H,1H2,(H3,12,13)(H,14,15,21);1H/t3-,6-,7-,11-;/m1./s1. The zero-order valence-corrected chi connectivity index (χ0v) is 12.4. The van der Waals surface area contributed by atoms with Crippen LogP contribution in [0.4, 0.5) is 0 Å². The molecule has 0 spiro atoms. The number of aromatic amines is 1. The predicted molar refractivity (Wildman–Crippen MR) is 79.4 cm³/mol. The minimum absolute atomic E-state index is 0. The van der Waals surface area contributed by atoms with Gasteiger partial charge in [-0.2, -0.15) is 5.10 Å². The summed E-state index contributed by atoms with van der Waals surface area (Å²) in [5, 5.41) is 40.4. The maximum Gasteiger partial charge on any atom is 0.262 e. The number of halogens is 1. The van der Waals surface area contributed by atoms with E-state index in [1.807, 2.05) is 0 Å². The average molecular weight is 347 g/mol. The summed E-state index contributed by atoms with van der Waals surface area (Å²) in [6.07, 6.45) is -3.74. The lowest BCUT2D eigenvalue weighted by Crippen LogP contribution is -2.33. The second-order valence-corrected chi connectivity index (χ2v) is 4.87. The molecule has 0 aromatic carbocycles. The van der Waals surface area contributed by atoms with Gasteiger partial charge in [-0.1, -0.05) is 0 Å². The van der Waals surface area contributed by atoms with E-state index in [-0.39, 0.29) is 29.1 Å². The summed E-state index contributed by atoms with van der Waals surface area (Å²) in [4.78, 5) is 18.2. The monoisotopic (exact) mass is 346 g/mol. The fourth-order valence-electron chi connectivity index (χ4n) is 2.43. The van der Waals surface area contributed by atoms with Crippen LogP contribution in [0, 0.1) is 5.41 Å². The number of hydrogen-bond donors (Lipinski definition) is 6. The van der Waals surface area contributed by atoms with Gasteiger partial charge in [-0.05, 0) is 0 Å². The van der Waals surface area contributed by atoms with E-state index in [9.17, 15) is 15.0 Å². The van der Waals surface area contributed by atoms with Gasteiger partial charge in [0.1, 0.15) is 35.2 Å². The van der Waals surface area contributed by atoms with Crippen LogP contribution in [0.3, 0.4) is 0 Å². The highest BCUT2D eigenvalue weighted by molar-refractivity contribution is 6.04. The van der Waals surface area contributed by atoms with Crippen LogP contribution >= 0.6 is 12.4 Å². The fourth-order valence-corrected chi connectivity index (χ4v) is 2.43. The molecule has 3 rings (SSSR count). The van der Waals surface area contributed by atoms with E-state index < -0.39 is 42.5 Å². The number of rotatable bonds is 3. The van der Waals surface area contributed by atoms with Crippen LogP contribution in [0.1, 0.15) is 11.9 Å². The molecule has 0 amide bonds. The number of aliphatic hydroxyl groups excluding tert-OH is 3. The molecule has 11 nitrogen and oxygen atoms in total. The smallest absolute Gasteiger partial charge is 0.262 e. The lowest BCUT2D eigenvalue weighted by atomic mass is 10.1. The summed E-state index contributed by atoms with van der Waals surface area (Å²) in [5.74, 6) is -0.450. The summed E-state index contributed by atoms with van der Waals surface area (Å²) in [6, 6.07) is 0. The minimum Gasteiger partial charge on any atom is -0.394 e. The van der Waals surface area contributed by atoms with Gasteiger partial charge >= 0.3 is 0 Å². The first-order chi connectivity index (χ1) is 10.5. The SMILES string of the molecule is Cl.N=C(N)c1nn([C@@H]2O[C@H](CO)[C@@H](O)[C@H]2O)c2nc[nH]c(=O)c12. The number of hydrogen-bond acceptors (Lipinski definition) is 8. The molecule has 0 bridgehead atoms. The number of nitrogen functional groups attached to an aromatic ring is 1. The summed E-state index contributed by atoms with van der Waals surface area (Å²) in [6.45, 7) is -0.499. The largest absolute Gasteiger partial charge is 0.394 e. The summed E-state index contributed by atoms with van der Waals surface area (Å²) in [5.41, 5.74) is 4.80. The van der Waals surface area contributed by atoms with Gasteiger partial charge < -0.3 is 30.8 Å². The number of amidine groups is 1. The topological polar surface area (TPSA) is 183 Å². The first-order valence-corrected chi connectivity index (χ1v) is 6.38. The molecule has 2 aromatic rings. The Morgan fingerprint density at radius 2 is 2.17 bits per heavy atom. The second-order valence-electron chi connectivity index (χ2n) is 4.87. The number of nitrogens with one attached hydrogen (secondary N) is 2. The Bertz CT molecular complexity index is 791. The van der Waals surface area contributed by atoms with Crippen LogP contribution in [0.25, 0.3) is 11.0 Å². The van der Waals surface area contributed by atoms with Gasteiger partial charge in [-0.25, -0.2) is 9.67 Å². The van der Waals surface area contributed by atoms with Gasteiger partial charge in [-0.15, -0.1) is 12.4 Å². The zero-order chi connectivity index (χ0) is 16.0. The number of nitrogens with zero attached hydrogens (tertiary/aromatic N) is 3. The molecule has 7 N–H and O–H groups in total. The maximum absolute atomic E-state index is 11.9. The Morgan fingerprint density at radius 3 is 2.74 bits per heavy atom. The molecule has 23 heavy (non-hydrogen) atoms. The quantitative estimate of drug-likeness (QED) is 0.259. The number of ether oxygens (including phenoxy) is 1. The molecular weight excluding hydrogens is 332 g/mol. The lowest BCUT2D eigenvalue weighted by molar-refractivity contribution is -0.0566. The molecule has 1 saturated heterocycles. The van der Waals surface area contributed by atoms with Crippen molar-refractivity contribution in [3.8, 4) is 0 Å². The van der Waals surface area contributed by atoms with Crippen LogP contribution in [-0.2, 0) is 4.74 Å². The Hall–Kier alpha value is -2.05. The highest BCUT2D eigenvalue weighted by Crippen LogP contribution is 2.30. The highest BCUT2D eigenvalue weighted by atomic mass is 35.5. The third kappa shape index (κ3) is 2.58. The Labute approximate surface area is 134 Å². The molecule has 4 atom stereocenters. The average Bonchev–Trinajstić information content (AvgIpc) is 3.00. The number of aliphatic hydroxyl groups is 3. The fraction of sp³-hybridized carbons (Fsp3) is 0.455. The molecule has 0 unspecified atom stereocenters. The van der Waals surface area contributed by atoms with E-state index in [0.717, 1.165) is 11.0 Å². The molecule has 126 valence electrons. The minimum atomic E-state index is -1.39. The maximum atomic E-state index is 11.9. The van der Waals surface area contributed by atoms with E-state index in [1.54, 1.807) is 0 Å². The van der Waals surface area contributed by atoms with Crippen LogP contribution in [0.15, 0.2) is 11.1 Å². The molecule has 2 aromatic heterocycles. The van der Waals surface area contributed by atoms with Crippen LogP contribution < -0.4 is 11.3 Å². The first kappa shape index (κ1) is 17.3. The molecule has 1 aliphatic rings. The normalized spacial score (nSPS) is 27.1. The van der Waals surface area contributed by atoms with Crippen molar-refractivity contribution in [3.05, 3.63) is 22.4 Å². The van der Waals surface area contributed by atoms with Gasteiger partial charge in [0, 0.05) is 0 Å². The van der Waals surface area contributed by atoms with Crippen molar-refractivity contribution in [2.75, 3.05) is 6.61 Å². The van der Waals surface area contributed by atoms with E-state index in [0.29, 0.717) is 0 Å². The molecule has 0 radical (unpaired) electrons. The molecule has 1 aliphatic heterocycles. The van der Waals surface area contributed by atoms with Crippen molar-refractivity contribution in [2.45, 2.75) is 24.5 Å². The number of fused-ring (bicyclic) bond motifs is 1. The van der Waals surface area contributed by atoms with Crippen molar-refractivity contribution >= 4 is 29.3 Å². The van der Waals surface area contributed by atoms with Crippen molar-refractivity contribution in [1.29, 1.82) is 5.41 Å². The van der Waals surface area contributed by atoms with E-state index in [2.05, 4.69) is 15.1 Å². The number of nitrogens with two attached hydrogens (primary N) is 1. The van der Waals surface area contributed by atoms with Crippen molar-refractivity contribution in [3.63, 3.8) is 0 Å². The van der Waals surface area contributed by atoms with Gasteiger partial charge in [0.25, 0.3) is 5.56 Å². The third-order valence-corrected chi connectivity index (χ3v) is 3.51. The summed E-state index contributed by atoms with van der Waals surface area (Å²) < 4.78 is 6.42. The van der Waals surface area contributed by atoms with E-state index >= 15 is 0 Å². The second kappa shape index (κ2) is 6.22. The Kier molecular flexibility index (Phi) is 4.68.